The van der Waals surface area contributed by atoms with Gasteiger partial charge in [0.15, 0.2) is 0 Å². The number of hydrogen-bond donors (Lipinski definition) is 1. The fraction of sp³-hybridized carbons (Fsp3) is 0.400. The van der Waals surface area contributed by atoms with Crippen molar-refractivity contribution in [3.8, 4) is 0 Å². The molecule has 1 aromatic rings. The second-order valence-corrected chi connectivity index (χ2v) is 5.03. The molecule has 0 radical (unpaired) electrons. The lowest BCUT2D eigenvalue weighted by molar-refractivity contribution is 0.647. The summed E-state index contributed by atoms with van der Waals surface area (Å²) >= 11 is 8.30. The van der Waals surface area contributed by atoms with E-state index < -0.39 is 0 Å². The number of halogens is 2. The highest BCUT2D eigenvalue weighted by molar-refractivity contribution is 14.1. The van der Waals surface area contributed by atoms with Crippen LogP contribution in [0.1, 0.15) is 24.4 Å². The van der Waals surface area contributed by atoms with Crippen LogP contribution >= 0.6 is 34.2 Å². The van der Waals surface area contributed by atoms with Crippen molar-refractivity contribution in [1.29, 1.82) is 0 Å². The molecular formula is C10H11ClIN. The summed E-state index contributed by atoms with van der Waals surface area (Å²) in [6, 6.07) is 6.77. The molecule has 1 aliphatic heterocycles. The fourth-order valence-corrected chi connectivity index (χ4v) is 2.87. The molecule has 0 aromatic heterocycles. The van der Waals surface area contributed by atoms with Gasteiger partial charge in [-0.2, -0.15) is 0 Å². The van der Waals surface area contributed by atoms with Crippen LogP contribution in [0.2, 0.25) is 5.02 Å². The van der Waals surface area contributed by atoms with Crippen LogP contribution in [-0.4, -0.2) is 6.54 Å². The van der Waals surface area contributed by atoms with Gasteiger partial charge in [-0.3, -0.25) is 0 Å². The zero-order valence-corrected chi connectivity index (χ0v) is 10.1. The quantitative estimate of drug-likeness (QED) is 0.785. The predicted octanol–water partition coefficient (Wildman–Crippen LogP) is 3.37. The molecule has 3 heteroatoms. The molecule has 2 rings (SSSR count). The van der Waals surface area contributed by atoms with E-state index in [-0.39, 0.29) is 0 Å². The van der Waals surface area contributed by atoms with Crippen LogP contribution in [0.5, 0.6) is 0 Å². The van der Waals surface area contributed by atoms with Gasteiger partial charge in [-0.25, -0.2) is 0 Å². The maximum Gasteiger partial charge on any atom is 0.0419 e. The molecule has 13 heavy (non-hydrogen) atoms. The van der Waals surface area contributed by atoms with Gasteiger partial charge >= 0.3 is 0 Å². The standard InChI is InChI=1S/C10H11ClIN/c11-8-4-7(5-9(12)6-8)10-2-1-3-13-10/h4-6,10,13H,1-3H2/t10-/m0/s1. The minimum absolute atomic E-state index is 0.521. The summed E-state index contributed by atoms with van der Waals surface area (Å²) in [6.07, 6.45) is 2.50. The Morgan fingerprint density at radius 3 is 2.85 bits per heavy atom. The van der Waals surface area contributed by atoms with E-state index in [0.29, 0.717) is 6.04 Å². The van der Waals surface area contributed by atoms with Crippen molar-refractivity contribution in [2.24, 2.45) is 0 Å². The van der Waals surface area contributed by atoms with E-state index in [2.05, 4.69) is 40.0 Å². The lowest BCUT2D eigenvalue weighted by Crippen LogP contribution is -2.12. The van der Waals surface area contributed by atoms with Gasteiger partial charge in [0.25, 0.3) is 0 Å². The van der Waals surface area contributed by atoms with Gasteiger partial charge in [0, 0.05) is 14.6 Å². The van der Waals surface area contributed by atoms with Gasteiger partial charge in [-0.15, -0.1) is 0 Å². The van der Waals surface area contributed by atoms with Crippen molar-refractivity contribution >= 4 is 34.2 Å². The monoisotopic (exact) mass is 307 g/mol. The summed E-state index contributed by atoms with van der Waals surface area (Å²) in [5.41, 5.74) is 1.33. The molecule has 0 spiro atoms. The molecule has 1 aromatic carbocycles. The average molecular weight is 308 g/mol. The number of hydrogen-bond acceptors (Lipinski definition) is 1. The van der Waals surface area contributed by atoms with Gasteiger partial charge < -0.3 is 5.32 Å². The van der Waals surface area contributed by atoms with Gasteiger partial charge in [0.2, 0.25) is 0 Å². The smallest absolute Gasteiger partial charge is 0.0419 e. The molecule has 0 bridgehead atoms. The van der Waals surface area contributed by atoms with E-state index in [9.17, 15) is 0 Å². The van der Waals surface area contributed by atoms with Crippen LogP contribution in [0.15, 0.2) is 18.2 Å². The third kappa shape index (κ3) is 2.36. The number of benzene rings is 1. The SMILES string of the molecule is Clc1cc(I)cc([C@@H]2CCCN2)c1. The first-order chi connectivity index (χ1) is 6.25. The van der Waals surface area contributed by atoms with E-state index in [1.54, 1.807) is 0 Å². The van der Waals surface area contributed by atoms with Gasteiger partial charge in [-0.05, 0) is 65.7 Å². The predicted molar refractivity (Wildman–Crippen MR) is 64.1 cm³/mol. The Morgan fingerprint density at radius 1 is 1.38 bits per heavy atom. The van der Waals surface area contributed by atoms with Crippen LogP contribution in [-0.2, 0) is 0 Å². The summed E-state index contributed by atoms with van der Waals surface area (Å²) in [5.74, 6) is 0. The van der Waals surface area contributed by atoms with Crippen molar-refractivity contribution in [3.63, 3.8) is 0 Å². The Bertz CT molecular complexity index is 288. The highest BCUT2D eigenvalue weighted by Crippen LogP contribution is 2.27. The molecule has 1 heterocycles. The summed E-state index contributed by atoms with van der Waals surface area (Å²) in [7, 11) is 0. The van der Waals surface area contributed by atoms with Crippen molar-refractivity contribution in [1.82, 2.24) is 5.32 Å². The Kier molecular flexibility index (Phi) is 3.11. The third-order valence-corrected chi connectivity index (χ3v) is 3.19. The van der Waals surface area contributed by atoms with Crippen molar-refractivity contribution in [2.45, 2.75) is 18.9 Å². The van der Waals surface area contributed by atoms with Gasteiger partial charge in [0.1, 0.15) is 0 Å². The van der Waals surface area contributed by atoms with Crippen molar-refractivity contribution in [3.05, 3.63) is 32.4 Å². The molecule has 1 nitrogen and oxygen atoms in total. The highest BCUT2D eigenvalue weighted by Gasteiger charge is 2.16. The Balaban J connectivity index is 2.28. The minimum Gasteiger partial charge on any atom is -0.310 e. The van der Waals surface area contributed by atoms with Crippen LogP contribution in [0.25, 0.3) is 0 Å². The summed E-state index contributed by atoms with van der Waals surface area (Å²) < 4.78 is 1.22. The normalized spacial score (nSPS) is 22.2. The molecule has 0 aliphatic carbocycles. The van der Waals surface area contributed by atoms with E-state index in [1.165, 1.54) is 22.0 Å². The lowest BCUT2D eigenvalue weighted by Gasteiger charge is -2.11. The van der Waals surface area contributed by atoms with E-state index >= 15 is 0 Å². The average Bonchev–Trinajstić information content (AvgIpc) is 2.53. The number of nitrogens with one attached hydrogen (secondary N) is 1. The maximum atomic E-state index is 6.00. The first-order valence-electron chi connectivity index (χ1n) is 4.45. The molecule has 0 amide bonds. The molecule has 1 saturated heterocycles. The zero-order chi connectivity index (χ0) is 9.26. The lowest BCUT2D eigenvalue weighted by atomic mass is 10.1. The van der Waals surface area contributed by atoms with Crippen LogP contribution in [0.3, 0.4) is 0 Å². The second kappa shape index (κ2) is 4.15. The first kappa shape index (κ1) is 9.74. The van der Waals surface area contributed by atoms with E-state index in [1.807, 2.05) is 6.07 Å². The number of rotatable bonds is 1. The first-order valence-corrected chi connectivity index (χ1v) is 5.91. The summed E-state index contributed by atoms with van der Waals surface area (Å²) in [5, 5.41) is 4.31. The Labute approximate surface area is 97.0 Å². The molecule has 70 valence electrons. The maximum absolute atomic E-state index is 6.00. The van der Waals surface area contributed by atoms with Gasteiger partial charge in [0.05, 0.1) is 0 Å². The van der Waals surface area contributed by atoms with Crippen LogP contribution in [0, 0.1) is 3.57 Å². The molecule has 1 fully saturated rings. The van der Waals surface area contributed by atoms with Crippen LogP contribution in [0.4, 0.5) is 0 Å². The van der Waals surface area contributed by atoms with E-state index in [4.69, 9.17) is 11.6 Å². The Hall–Kier alpha value is 0.200. The summed E-state index contributed by atoms with van der Waals surface area (Å²) in [4.78, 5) is 0. The molecule has 1 aliphatic rings. The second-order valence-electron chi connectivity index (χ2n) is 3.35. The molecular weight excluding hydrogens is 296 g/mol. The highest BCUT2D eigenvalue weighted by atomic mass is 127. The Morgan fingerprint density at radius 2 is 2.23 bits per heavy atom. The topological polar surface area (TPSA) is 12.0 Å². The zero-order valence-electron chi connectivity index (χ0n) is 7.19. The van der Waals surface area contributed by atoms with Crippen molar-refractivity contribution in [2.75, 3.05) is 6.54 Å². The van der Waals surface area contributed by atoms with Crippen LogP contribution < -0.4 is 5.32 Å². The van der Waals surface area contributed by atoms with Crippen molar-refractivity contribution < 1.29 is 0 Å². The summed E-state index contributed by atoms with van der Waals surface area (Å²) in [6.45, 7) is 1.13. The van der Waals surface area contributed by atoms with E-state index in [0.717, 1.165) is 11.6 Å². The molecule has 1 N–H and O–H groups in total. The third-order valence-electron chi connectivity index (χ3n) is 2.35. The van der Waals surface area contributed by atoms with Gasteiger partial charge in [-0.1, -0.05) is 11.6 Å². The molecule has 1 atom stereocenters. The largest absolute Gasteiger partial charge is 0.310 e. The molecule has 0 saturated carbocycles. The minimum atomic E-state index is 0.521. The molecule has 0 unspecified atom stereocenters. The fourth-order valence-electron chi connectivity index (χ4n) is 1.75.